The van der Waals surface area contributed by atoms with E-state index in [4.69, 9.17) is 9.47 Å². The Hall–Kier alpha value is -4.48. The fourth-order valence-corrected chi connectivity index (χ4v) is 8.42. The number of aliphatic hydroxyl groups excluding tert-OH is 1. The molecule has 3 aliphatic rings. The first kappa shape index (κ1) is 38.7. The highest BCUT2D eigenvalue weighted by atomic mass is 16.6. The maximum atomic E-state index is 14.9. The fourth-order valence-electron chi connectivity index (χ4n) is 8.42. The van der Waals surface area contributed by atoms with Crippen molar-refractivity contribution >= 4 is 35.1 Å². The molecule has 5 rings (SSSR count). The van der Waals surface area contributed by atoms with Gasteiger partial charge in [0.1, 0.15) is 17.7 Å². The summed E-state index contributed by atoms with van der Waals surface area (Å²) in [5.41, 5.74) is 1.07. The van der Waals surface area contributed by atoms with Gasteiger partial charge in [-0.05, 0) is 76.3 Å². The van der Waals surface area contributed by atoms with Crippen molar-refractivity contribution in [2.75, 3.05) is 36.0 Å². The first-order valence-electron chi connectivity index (χ1n) is 18.6. The highest BCUT2D eigenvalue weighted by molar-refractivity contribution is 6.05. The van der Waals surface area contributed by atoms with Gasteiger partial charge in [-0.15, -0.1) is 13.2 Å². The van der Waals surface area contributed by atoms with Crippen LogP contribution in [-0.2, 0) is 28.7 Å². The van der Waals surface area contributed by atoms with Crippen molar-refractivity contribution in [2.24, 2.45) is 11.8 Å². The summed E-state index contributed by atoms with van der Waals surface area (Å²) in [6, 6.07) is 14.6. The molecule has 0 saturated carbocycles. The summed E-state index contributed by atoms with van der Waals surface area (Å²) in [5.74, 6) is -3.54. The van der Waals surface area contributed by atoms with Crippen LogP contribution < -0.4 is 15.1 Å². The number of hydrogen-bond donors (Lipinski definition) is 2. The topological polar surface area (TPSA) is 129 Å². The molecule has 0 aromatic heterocycles. The van der Waals surface area contributed by atoms with E-state index in [1.165, 1.54) is 4.90 Å². The van der Waals surface area contributed by atoms with Gasteiger partial charge >= 0.3 is 5.97 Å². The van der Waals surface area contributed by atoms with Crippen molar-refractivity contribution < 1.29 is 33.8 Å². The molecule has 3 amide bonds. The zero-order valence-corrected chi connectivity index (χ0v) is 30.9. The minimum atomic E-state index is -1.29. The Labute approximate surface area is 307 Å². The lowest BCUT2D eigenvalue weighted by atomic mass is 9.70. The van der Waals surface area contributed by atoms with E-state index in [0.29, 0.717) is 36.9 Å². The van der Waals surface area contributed by atoms with Crippen molar-refractivity contribution in [3.8, 4) is 0 Å². The molecule has 0 unspecified atom stereocenters. The van der Waals surface area contributed by atoms with Crippen LogP contribution in [0.1, 0.15) is 71.5 Å². The monoisotopic (exact) mass is 714 g/mol. The first-order valence-corrected chi connectivity index (χ1v) is 18.6. The van der Waals surface area contributed by atoms with Crippen LogP contribution in [0.4, 0.5) is 11.4 Å². The molecular weight excluding hydrogens is 660 g/mol. The molecule has 2 N–H and O–H groups in total. The van der Waals surface area contributed by atoms with E-state index in [0.717, 1.165) is 18.8 Å². The Balaban J connectivity index is 1.49. The standard InChI is InChI=1S/C41H54N4O7/c1-7-12-18-33(47)42-27(6)36(28-16-14-13-15-17-28)51-40(50)34-32-23-24-41(52-32)35(34)38(48)45(29(9-3)26-46)37(41)39(49)44(25-8-2)31-21-19-30(20-22-31)43(10-4)11-5/h7-8,13-17,19-22,27,29,32,34-37,46H,1-2,9-12,18,23-26H2,3-6H3,(H,42,47)/t27-,29+,32-,34+,35+,36-,37-,41+/m1/s1. The van der Waals surface area contributed by atoms with Crippen LogP contribution >= 0.6 is 0 Å². The second kappa shape index (κ2) is 16.9. The number of nitrogens with zero attached hydrogens (tertiary/aromatic N) is 3. The van der Waals surface area contributed by atoms with Crippen LogP contribution in [-0.4, -0.2) is 89.8 Å². The van der Waals surface area contributed by atoms with Crippen molar-refractivity contribution in [3.05, 3.63) is 85.5 Å². The summed E-state index contributed by atoms with van der Waals surface area (Å²) in [5, 5.41) is 13.5. The summed E-state index contributed by atoms with van der Waals surface area (Å²) in [6.07, 6.45) is 3.84. The van der Waals surface area contributed by atoms with Gasteiger partial charge in [0.15, 0.2) is 0 Å². The number of carbonyl (C=O) groups excluding carboxylic acids is 4. The predicted octanol–water partition coefficient (Wildman–Crippen LogP) is 4.95. The lowest BCUT2D eigenvalue weighted by Crippen LogP contribution is -2.59. The number of allylic oxidation sites excluding steroid dienone is 1. The van der Waals surface area contributed by atoms with Gasteiger partial charge in [0.25, 0.3) is 5.91 Å². The third-order valence-electron chi connectivity index (χ3n) is 11.0. The SMILES string of the molecule is C=CCCC(=O)N[C@H](C)[C@@H](OC(=O)[C@@H]1[C@H]2C(=O)N([C@@H](CC)CO)[C@H](C(=O)N(CC=C)c3ccc(N(CC)CC)cc3)[C@]23CC[C@H]1O3)c1ccccc1. The van der Waals surface area contributed by atoms with E-state index < -0.39 is 59.6 Å². The van der Waals surface area contributed by atoms with Gasteiger partial charge in [0, 0.05) is 37.4 Å². The van der Waals surface area contributed by atoms with Crippen molar-refractivity contribution in [2.45, 2.75) is 95.7 Å². The van der Waals surface area contributed by atoms with E-state index >= 15 is 0 Å². The van der Waals surface area contributed by atoms with Crippen LogP contribution in [0.2, 0.25) is 0 Å². The third-order valence-corrected chi connectivity index (χ3v) is 11.0. The zero-order chi connectivity index (χ0) is 37.6. The number of amides is 3. The number of anilines is 2. The van der Waals surface area contributed by atoms with E-state index in [9.17, 15) is 24.3 Å². The van der Waals surface area contributed by atoms with Crippen LogP contribution in [0.5, 0.6) is 0 Å². The van der Waals surface area contributed by atoms with E-state index in [-0.39, 0.29) is 31.4 Å². The quantitative estimate of drug-likeness (QED) is 0.164. The molecule has 3 heterocycles. The highest BCUT2D eigenvalue weighted by Crippen LogP contribution is 2.59. The van der Waals surface area contributed by atoms with Gasteiger partial charge in [-0.2, -0.15) is 0 Å². The molecule has 0 radical (unpaired) electrons. The number of carbonyl (C=O) groups is 4. The van der Waals surface area contributed by atoms with Gasteiger partial charge in [0.05, 0.1) is 36.6 Å². The predicted molar refractivity (Wildman–Crippen MR) is 200 cm³/mol. The molecule has 8 atom stereocenters. The average molecular weight is 715 g/mol. The molecule has 2 bridgehead atoms. The van der Waals surface area contributed by atoms with Gasteiger partial charge in [-0.3, -0.25) is 19.2 Å². The maximum Gasteiger partial charge on any atom is 0.313 e. The molecule has 52 heavy (non-hydrogen) atoms. The molecule has 3 saturated heterocycles. The zero-order valence-electron chi connectivity index (χ0n) is 30.9. The number of esters is 1. The van der Waals surface area contributed by atoms with Gasteiger partial charge in [-0.25, -0.2) is 0 Å². The smallest absolute Gasteiger partial charge is 0.313 e. The molecule has 0 aliphatic carbocycles. The number of aliphatic hydroxyl groups is 1. The summed E-state index contributed by atoms with van der Waals surface area (Å²) in [6.45, 7) is 16.9. The second-order valence-corrected chi connectivity index (χ2v) is 13.9. The molecule has 2 aromatic rings. The molecule has 11 heteroatoms. The van der Waals surface area contributed by atoms with Crippen LogP contribution in [0, 0.1) is 11.8 Å². The first-order chi connectivity index (χ1) is 25.1. The molecule has 11 nitrogen and oxygen atoms in total. The number of ether oxygens (including phenoxy) is 2. The molecule has 1 spiro atoms. The molecule has 280 valence electrons. The summed E-state index contributed by atoms with van der Waals surface area (Å²) in [4.78, 5) is 62.0. The lowest BCUT2D eigenvalue weighted by molar-refractivity contribution is -0.162. The second-order valence-electron chi connectivity index (χ2n) is 13.9. The minimum absolute atomic E-state index is 0.183. The third kappa shape index (κ3) is 7.25. The number of fused-ring (bicyclic) bond motifs is 1. The number of likely N-dealkylation sites (tertiary alicyclic amines) is 1. The van der Waals surface area contributed by atoms with E-state index in [1.807, 2.05) is 61.5 Å². The van der Waals surface area contributed by atoms with Crippen LogP contribution in [0.25, 0.3) is 0 Å². The Bertz CT molecular complexity index is 1590. The van der Waals surface area contributed by atoms with Crippen LogP contribution in [0.15, 0.2) is 79.9 Å². The normalized spacial score (nSPS) is 24.8. The highest BCUT2D eigenvalue weighted by Gasteiger charge is 2.75. The molecule has 2 aromatic carbocycles. The Kier molecular flexibility index (Phi) is 12.6. The number of hydrogen-bond acceptors (Lipinski definition) is 8. The Morgan fingerprint density at radius 1 is 1.06 bits per heavy atom. The van der Waals surface area contributed by atoms with Crippen molar-refractivity contribution in [3.63, 3.8) is 0 Å². The number of benzene rings is 2. The summed E-state index contributed by atoms with van der Waals surface area (Å²) < 4.78 is 12.9. The molecular formula is C41H54N4O7. The average Bonchev–Trinajstić information content (AvgIpc) is 3.81. The summed E-state index contributed by atoms with van der Waals surface area (Å²) >= 11 is 0. The molecule has 3 fully saturated rings. The van der Waals surface area contributed by atoms with Gasteiger partial charge in [-0.1, -0.05) is 49.4 Å². The van der Waals surface area contributed by atoms with E-state index in [1.54, 1.807) is 24.0 Å². The number of nitrogens with one attached hydrogen (secondary N) is 1. The lowest BCUT2D eigenvalue weighted by Gasteiger charge is -2.39. The minimum Gasteiger partial charge on any atom is -0.455 e. The van der Waals surface area contributed by atoms with Crippen LogP contribution in [0.3, 0.4) is 0 Å². The molecule has 3 aliphatic heterocycles. The van der Waals surface area contributed by atoms with E-state index in [2.05, 4.69) is 37.2 Å². The largest absolute Gasteiger partial charge is 0.455 e. The van der Waals surface area contributed by atoms with Gasteiger partial charge < -0.3 is 34.6 Å². The van der Waals surface area contributed by atoms with Crippen molar-refractivity contribution in [1.82, 2.24) is 10.2 Å². The number of rotatable bonds is 18. The van der Waals surface area contributed by atoms with Crippen molar-refractivity contribution in [1.29, 1.82) is 0 Å². The Morgan fingerprint density at radius 3 is 2.33 bits per heavy atom. The summed E-state index contributed by atoms with van der Waals surface area (Å²) in [7, 11) is 0. The maximum absolute atomic E-state index is 14.9. The van der Waals surface area contributed by atoms with Gasteiger partial charge in [0.2, 0.25) is 11.8 Å². The Morgan fingerprint density at radius 2 is 1.73 bits per heavy atom. The fraction of sp³-hybridized carbons (Fsp3) is 0.512.